The number of hydrogen-bond acceptors (Lipinski definition) is 5. The summed E-state index contributed by atoms with van der Waals surface area (Å²) in [6.07, 6.45) is 8.30. The first-order valence-corrected chi connectivity index (χ1v) is 12.6. The van der Waals surface area contributed by atoms with Crippen LogP contribution in [0.4, 0.5) is 0 Å². The first kappa shape index (κ1) is 24.7. The van der Waals surface area contributed by atoms with E-state index in [0.29, 0.717) is 18.7 Å². The summed E-state index contributed by atoms with van der Waals surface area (Å²) in [7, 11) is 0. The number of ether oxygens (including phenoxy) is 3. The summed E-state index contributed by atoms with van der Waals surface area (Å²) >= 11 is 0. The number of amides is 1. The van der Waals surface area contributed by atoms with Gasteiger partial charge in [0.2, 0.25) is 0 Å². The highest BCUT2D eigenvalue weighted by Gasteiger charge is 2.45. The number of aryl methyl sites for hydroxylation is 1. The molecule has 0 radical (unpaired) electrons. The first-order valence-electron chi connectivity index (χ1n) is 12.6. The molecule has 0 N–H and O–H groups in total. The molecule has 184 valence electrons. The zero-order valence-corrected chi connectivity index (χ0v) is 21.0. The minimum Gasteiger partial charge on any atom is -0.491 e. The maximum Gasteiger partial charge on any atom is 0.253 e. The predicted octanol–water partition coefficient (Wildman–Crippen LogP) is 5.50. The maximum atomic E-state index is 13.3. The van der Waals surface area contributed by atoms with Crippen molar-refractivity contribution in [1.82, 2.24) is 9.88 Å². The zero-order valence-electron chi connectivity index (χ0n) is 21.0. The van der Waals surface area contributed by atoms with Crippen molar-refractivity contribution < 1.29 is 19.0 Å². The number of carbonyl (C=O) groups is 1. The third-order valence-corrected chi connectivity index (χ3v) is 6.83. The van der Waals surface area contributed by atoms with E-state index in [9.17, 15) is 4.79 Å². The fourth-order valence-electron chi connectivity index (χ4n) is 5.11. The molecule has 6 heteroatoms. The molecule has 1 aromatic carbocycles. The van der Waals surface area contributed by atoms with Gasteiger partial charge < -0.3 is 19.1 Å². The molecular formula is C28H38N2O4. The molecule has 1 aromatic heterocycles. The quantitative estimate of drug-likeness (QED) is 0.539. The van der Waals surface area contributed by atoms with Crippen molar-refractivity contribution in [2.45, 2.75) is 83.7 Å². The number of nitrogens with zero attached hydrogens (tertiary/aromatic N) is 2. The number of piperidine rings is 1. The number of rotatable bonds is 7. The third kappa shape index (κ3) is 5.78. The molecule has 6 nitrogen and oxygen atoms in total. The van der Waals surface area contributed by atoms with Crippen LogP contribution in [0.2, 0.25) is 0 Å². The van der Waals surface area contributed by atoms with E-state index >= 15 is 0 Å². The number of hydrogen-bond donors (Lipinski definition) is 0. The lowest BCUT2D eigenvalue weighted by Crippen LogP contribution is -2.52. The van der Waals surface area contributed by atoms with Gasteiger partial charge in [0.25, 0.3) is 5.91 Å². The maximum absolute atomic E-state index is 13.3. The Kier molecular flexibility index (Phi) is 7.89. The minimum absolute atomic E-state index is 0.0253. The van der Waals surface area contributed by atoms with E-state index in [1.54, 1.807) is 6.20 Å². The number of aromatic nitrogens is 1. The van der Waals surface area contributed by atoms with Crippen molar-refractivity contribution in [3.8, 4) is 5.75 Å². The summed E-state index contributed by atoms with van der Waals surface area (Å²) in [5.41, 5.74) is 2.54. The molecule has 2 aromatic rings. The topological polar surface area (TPSA) is 60.9 Å². The highest BCUT2D eigenvalue weighted by Crippen LogP contribution is 2.44. The number of carbonyl (C=O) groups excluding carboxylic acids is 1. The standard InChI is InChI=1S/C28H38N2O4/c1-5-15-32-24-17-26(23-7-6-12-29-19-23)34-28(18-24)10-13-30(14-11-28)27(31)22-8-9-25(21(4)16-22)33-20(2)3/h6-9,12,16,19-20,24,26H,5,10-11,13-15,17-18H2,1-4H3. The molecule has 0 bridgehead atoms. The van der Waals surface area contributed by atoms with Gasteiger partial charge in [-0.1, -0.05) is 13.0 Å². The molecular weight excluding hydrogens is 428 g/mol. The van der Waals surface area contributed by atoms with Crippen LogP contribution in [0.5, 0.6) is 5.75 Å². The monoisotopic (exact) mass is 466 g/mol. The predicted molar refractivity (Wildman–Crippen MR) is 132 cm³/mol. The molecule has 2 saturated heterocycles. The number of pyridine rings is 1. The van der Waals surface area contributed by atoms with Crippen molar-refractivity contribution in [1.29, 1.82) is 0 Å². The van der Waals surface area contributed by atoms with Crippen LogP contribution in [0.15, 0.2) is 42.7 Å². The van der Waals surface area contributed by atoms with Crippen molar-refractivity contribution in [3.05, 3.63) is 59.4 Å². The van der Waals surface area contributed by atoms with E-state index in [4.69, 9.17) is 14.2 Å². The highest BCUT2D eigenvalue weighted by atomic mass is 16.5. The van der Waals surface area contributed by atoms with Crippen molar-refractivity contribution in [3.63, 3.8) is 0 Å². The Balaban J connectivity index is 1.44. The van der Waals surface area contributed by atoms with Gasteiger partial charge in [-0.15, -0.1) is 0 Å². The van der Waals surface area contributed by atoms with Gasteiger partial charge in [0.15, 0.2) is 0 Å². The normalized spacial score (nSPS) is 22.2. The number of likely N-dealkylation sites (tertiary alicyclic amines) is 1. The second kappa shape index (κ2) is 10.9. The molecule has 1 amide bonds. The van der Waals surface area contributed by atoms with Crippen LogP contribution >= 0.6 is 0 Å². The Morgan fingerprint density at radius 1 is 1.26 bits per heavy atom. The smallest absolute Gasteiger partial charge is 0.253 e. The average Bonchev–Trinajstić information content (AvgIpc) is 2.84. The van der Waals surface area contributed by atoms with Crippen molar-refractivity contribution >= 4 is 5.91 Å². The molecule has 0 aliphatic carbocycles. The Morgan fingerprint density at radius 3 is 2.71 bits per heavy atom. The van der Waals surface area contributed by atoms with Crippen LogP contribution in [-0.4, -0.2) is 53.3 Å². The van der Waals surface area contributed by atoms with Crippen LogP contribution in [0.3, 0.4) is 0 Å². The highest BCUT2D eigenvalue weighted by molar-refractivity contribution is 5.94. The SMILES string of the molecule is CCCOC1CC(c2cccnc2)OC2(CCN(C(=O)c3ccc(OC(C)C)c(C)c3)CC2)C1. The third-order valence-electron chi connectivity index (χ3n) is 6.83. The van der Waals surface area contributed by atoms with Crippen LogP contribution < -0.4 is 4.74 Å². The van der Waals surface area contributed by atoms with Gasteiger partial charge in [0.1, 0.15) is 5.75 Å². The summed E-state index contributed by atoms with van der Waals surface area (Å²) in [5, 5.41) is 0. The van der Waals surface area contributed by atoms with Crippen LogP contribution in [0.25, 0.3) is 0 Å². The van der Waals surface area contributed by atoms with Crippen LogP contribution in [-0.2, 0) is 9.47 Å². The molecule has 2 unspecified atom stereocenters. The second-order valence-electron chi connectivity index (χ2n) is 9.95. The lowest BCUT2D eigenvalue weighted by molar-refractivity contribution is -0.191. The number of benzene rings is 1. The lowest BCUT2D eigenvalue weighted by Gasteiger charge is -2.48. The molecule has 2 atom stereocenters. The Labute approximate surface area is 203 Å². The van der Waals surface area contributed by atoms with Gasteiger partial charge in [0.05, 0.1) is 23.9 Å². The Morgan fingerprint density at radius 2 is 2.06 bits per heavy atom. The second-order valence-corrected chi connectivity index (χ2v) is 9.95. The largest absolute Gasteiger partial charge is 0.491 e. The van der Waals surface area contributed by atoms with Gasteiger partial charge in [-0.05, 0) is 75.4 Å². The van der Waals surface area contributed by atoms with Gasteiger partial charge in [0, 0.05) is 50.5 Å². The summed E-state index contributed by atoms with van der Waals surface area (Å²) < 4.78 is 18.8. The molecule has 2 aliphatic heterocycles. The fourth-order valence-corrected chi connectivity index (χ4v) is 5.11. The van der Waals surface area contributed by atoms with E-state index in [1.165, 1.54) is 0 Å². The lowest BCUT2D eigenvalue weighted by atomic mass is 9.80. The zero-order chi connectivity index (χ0) is 24.1. The molecule has 0 saturated carbocycles. The van der Waals surface area contributed by atoms with Gasteiger partial charge in [-0.3, -0.25) is 9.78 Å². The van der Waals surface area contributed by atoms with E-state index in [0.717, 1.165) is 55.6 Å². The molecule has 4 rings (SSSR count). The molecule has 2 fully saturated rings. The average molecular weight is 467 g/mol. The van der Waals surface area contributed by atoms with Crippen molar-refractivity contribution in [2.24, 2.45) is 0 Å². The Bertz CT molecular complexity index is 954. The van der Waals surface area contributed by atoms with Crippen LogP contribution in [0, 0.1) is 6.92 Å². The van der Waals surface area contributed by atoms with Crippen molar-refractivity contribution in [2.75, 3.05) is 19.7 Å². The minimum atomic E-state index is -0.265. The van der Waals surface area contributed by atoms with E-state index in [1.807, 2.05) is 56.1 Å². The first-order chi connectivity index (χ1) is 16.4. The van der Waals surface area contributed by atoms with Gasteiger partial charge in [-0.2, -0.15) is 0 Å². The van der Waals surface area contributed by atoms with Gasteiger partial charge >= 0.3 is 0 Å². The molecule has 34 heavy (non-hydrogen) atoms. The van der Waals surface area contributed by atoms with E-state index in [-0.39, 0.29) is 29.8 Å². The fraction of sp³-hybridized carbons (Fsp3) is 0.571. The Hall–Kier alpha value is -2.44. The summed E-state index contributed by atoms with van der Waals surface area (Å²) in [6, 6.07) is 9.77. The summed E-state index contributed by atoms with van der Waals surface area (Å²) in [5.74, 6) is 0.909. The van der Waals surface area contributed by atoms with E-state index < -0.39 is 0 Å². The summed E-state index contributed by atoms with van der Waals surface area (Å²) in [4.78, 5) is 19.5. The van der Waals surface area contributed by atoms with Gasteiger partial charge in [-0.25, -0.2) is 0 Å². The summed E-state index contributed by atoms with van der Waals surface area (Å²) in [6.45, 7) is 10.3. The van der Waals surface area contributed by atoms with E-state index in [2.05, 4.69) is 18.0 Å². The molecule has 3 heterocycles. The molecule has 2 aliphatic rings. The molecule has 1 spiro atoms. The van der Waals surface area contributed by atoms with Crippen LogP contribution in [0.1, 0.15) is 80.5 Å².